The maximum absolute atomic E-state index is 12.9. The van der Waals surface area contributed by atoms with Gasteiger partial charge in [-0.15, -0.1) is 0 Å². The molecule has 4 aliphatic rings. The predicted molar refractivity (Wildman–Crippen MR) is 110 cm³/mol. The lowest BCUT2D eigenvalue weighted by atomic mass is 9.53. The average Bonchev–Trinajstić information content (AvgIpc) is 2.68. The lowest BCUT2D eigenvalue weighted by molar-refractivity contribution is -0.668. The molecule has 4 aliphatic carbocycles. The first-order valence-electron chi connectivity index (χ1n) is 10.7. The Bertz CT molecular complexity index is 889. The minimum Gasteiger partial charge on any atom is -0.313 e. The third-order valence-electron chi connectivity index (χ3n) is 7.01. The predicted octanol–water partition coefficient (Wildman–Crippen LogP) is 3.95. The summed E-state index contributed by atoms with van der Waals surface area (Å²) in [5.74, 6) is 3.01. The van der Waals surface area contributed by atoms with E-state index >= 15 is 0 Å². The fraction of sp³-hybridized carbons (Fsp3) is 0.458. The molecule has 150 valence electrons. The van der Waals surface area contributed by atoms with Crippen LogP contribution in [-0.2, 0) is 6.54 Å². The van der Waals surface area contributed by atoms with E-state index in [0.29, 0.717) is 11.4 Å². The number of benzene rings is 1. The summed E-state index contributed by atoms with van der Waals surface area (Å²) in [5, 5.41) is 6.34. The van der Waals surface area contributed by atoms with Gasteiger partial charge >= 0.3 is 6.03 Å². The second kappa shape index (κ2) is 7.29. The molecule has 0 radical (unpaired) electrons. The van der Waals surface area contributed by atoms with Crippen molar-refractivity contribution in [1.29, 1.82) is 0 Å². The minimum atomic E-state index is -0.154. The molecular weight excluding hydrogens is 362 g/mol. The largest absolute Gasteiger partial charge is 0.407 e. The number of anilines is 1. The zero-order valence-corrected chi connectivity index (χ0v) is 16.6. The summed E-state index contributed by atoms with van der Waals surface area (Å²) >= 11 is 0. The van der Waals surface area contributed by atoms with Gasteiger partial charge in [0.15, 0.2) is 6.54 Å². The first kappa shape index (κ1) is 18.3. The number of carbonyl (C=O) groups is 2. The molecule has 5 nitrogen and oxygen atoms in total. The number of amides is 2. The summed E-state index contributed by atoms with van der Waals surface area (Å²) in [4.78, 5) is 25.5. The van der Waals surface area contributed by atoms with Crippen LogP contribution in [0.15, 0.2) is 54.7 Å². The highest BCUT2D eigenvalue weighted by atomic mass is 16.2. The smallest absolute Gasteiger partial charge is 0.313 e. The molecule has 6 rings (SSSR count). The number of aromatic nitrogens is 1. The van der Waals surface area contributed by atoms with Crippen LogP contribution >= 0.6 is 0 Å². The van der Waals surface area contributed by atoms with Crippen LogP contribution in [0, 0.1) is 17.8 Å². The van der Waals surface area contributed by atoms with E-state index in [4.69, 9.17) is 0 Å². The zero-order chi connectivity index (χ0) is 19.8. The number of urea groups is 1. The molecule has 0 saturated heterocycles. The third kappa shape index (κ3) is 3.78. The quantitative estimate of drug-likeness (QED) is 0.600. The van der Waals surface area contributed by atoms with Gasteiger partial charge in [-0.05, 0) is 62.3 Å². The Hall–Kier alpha value is -2.69. The van der Waals surface area contributed by atoms with Crippen molar-refractivity contribution in [2.75, 3.05) is 5.32 Å². The van der Waals surface area contributed by atoms with Crippen molar-refractivity contribution in [2.24, 2.45) is 17.8 Å². The lowest BCUT2D eigenvalue weighted by Crippen LogP contribution is -2.60. The Kier molecular flexibility index (Phi) is 4.61. The summed E-state index contributed by atoms with van der Waals surface area (Å²) in [6.45, 7) is 0.192. The van der Waals surface area contributed by atoms with E-state index in [9.17, 15) is 9.59 Å². The van der Waals surface area contributed by atoms with Gasteiger partial charge in [0.2, 0.25) is 5.78 Å². The number of pyridine rings is 1. The van der Waals surface area contributed by atoms with Crippen molar-refractivity contribution in [3.63, 3.8) is 0 Å². The van der Waals surface area contributed by atoms with Crippen molar-refractivity contribution in [1.82, 2.24) is 5.32 Å². The Balaban J connectivity index is 1.27. The molecule has 0 unspecified atom stereocenters. The Morgan fingerprint density at radius 3 is 2.17 bits per heavy atom. The first-order valence-corrected chi connectivity index (χ1v) is 10.7. The molecule has 2 N–H and O–H groups in total. The summed E-state index contributed by atoms with van der Waals surface area (Å²) < 4.78 is 1.80. The van der Waals surface area contributed by atoms with E-state index < -0.39 is 0 Å². The summed E-state index contributed by atoms with van der Waals surface area (Å²) in [7, 11) is 0. The molecule has 29 heavy (non-hydrogen) atoms. The van der Waals surface area contributed by atoms with Crippen LogP contribution in [0.4, 0.5) is 10.6 Å². The van der Waals surface area contributed by atoms with Crippen LogP contribution in [0.1, 0.15) is 48.9 Å². The number of nitrogens with zero attached hydrogens (tertiary/aromatic N) is 1. The summed E-state index contributed by atoms with van der Waals surface area (Å²) in [6, 6.07) is 14.7. The molecule has 4 fully saturated rings. The van der Waals surface area contributed by atoms with E-state index in [1.807, 2.05) is 54.7 Å². The number of hydrogen-bond donors (Lipinski definition) is 2. The molecule has 4 bridgehead atoms. The van der Waals surface area contributed by atoms with E-state index in [1.54, 1.807) is 4.57 Å². The van der Waals surface area contributed by atoms with Crippen LogP contribution < -0.4 is 15.2 Å². The highest BCUT2D eigenvalue weighted by Gasteiger charge is 2.52. The van der Waals surface area contributed by atoms with Gasteiger partial charge in [0.25, 0.3) is 5.82 Å². The van der Waals surface area contributed by atoms with Crippen molar-refractivity contribution in [2.45, 2.75) is 50.6 Å². The molecule has 1 heterocycles. The molecule has 0 atom stereocenters. The van der Waals surface area contributed by atoms with Crippen LogP contribution in [0.5, 0.6) is 0 Å². The van der Waals surface area contributed by atoms with Gasteiger partial charge in [-0.1, -0.05) is 36.4 Å². The van der Waals surface area contributed by atoms with Crippen LogP contribution in [0.25, 0.3) is 0 Å². The molecule has 1 aromatic heterocycles. The number of ketones is 1. The van der Waals surface area contributed by atoms with Gasteiger partial charge in [-0.2, -0.15) is 5.32 Å². The molecule has 0 aliphatic heterocycles. The average molecular weight is 391 g/mol. The zero-order valence-electron chi connectivity index (χ0n) is 16.6. The van der Waals surface area contributed by atoms with E-state index in [2.05, 4.69) is 10.6 Å². The Labute approximate surface area is 171 Å². The third-order valence-corrected chi connectivity index (χ3v) is 7.01. The van der Waals surface area contributed by atoms with Gasteiger partial charge in [0.1, 0.15) is 0 Å². The van der Waals surface area contributed by atoms with Crippen molar-refractivity contribution in [3.05, 3.63) is 60.3 Å². The van der Waals surface area contributed by atoms with Crippen molar-refractivity contribution >= 4 is 17.6 Å². The van der Waals surface area contributed by atoms with Gasteiger partial charge < -0.3 is 5.32 Å². The SMILES string of the molecule is O=C(Nc1cccc[n+]1CC(=O)c1ccccc1)NC12CC3CC(CC(C3)C1)C2. The highest BCUT2D eigenvalue weighted by molar-refractivity contribution is 5.95. The molecule has 1 aromatic carbocycles. The number of Topliss-reactive ketones (excluding diaryl/α,β-unsaturated/α-hetero) is 1. The summed E-state index contributed by atoms with van der Waals surface area (Å²) in [6.07, 6.45) is 9.24. The van der Waals surface area contributed by atoms with Crippen LogP contribution in [-0.4, -0.2) is 17.4 Å². The number of hydrogen-bond acceptors (Lipinski definition) is 2. The van der Waals surface area contributed by atoms with Crippen LogP contribution in [0.3, 0.4) is 0 Å². The maximum atomic E-state index is 12.9. The molecule has 2 amide bonds. The second-order valence-electron chi connectivity index (χ2n) is 9.28. The fourth-order valence-electron chi connectivity index (χ4n) is 6.25. The topological polar surface area (TPSA) is 62.1 Å². The van der Waals surface area contributed by atoms with Gasteiger partial charge in [-0.25, -0.2) is 9.36 Å². The molecule has 4 saturated carbocycles. The van der Waals surface area contributed by atoms with Crippen molar-refractivity contribution < 1.29 is 14.2 Å². The number of rotatable bonds is 5. The first-order chi connectivity index (χ1) is 14.1. The standard InChI is InChI=1S/C24H27N3O2/c28-21(20-6-2-1-3-7-20)16-27-9-5-4-8-22(27)25-23(29)26-24-13-17-10-18(14-24)12-19(11-17)15-24/h1-9,17-19H,10-16H2,(H,26,29)/p+1. The van der Waals surface area contributed by atoms with Gasteiger partial charge in [-0.3, -0.25) is 4.79 Å². The maximum Gasteiger partial charge on any atom is 0.407 e. The molecular formula is C24H28N3O2+. The van der Waals surface area contributed by atoms with Crippen molar-refractivity contribution in [3.8, 4) is 0 Å². The fourth-order valence-corrected chi connectivity index (χ4v) is 6.25. The number of nitrogens with one attached hydrogen (secondary N) is 2. The Morgan fingerprint density at radius 2 is 1.52 bits per heavy atom. The molecule has 2 aromatic rings. The second-order valence-corrected chi connectivity index (χ2v) is 9.28. The number of carbonyl (C=O) groups excluding carboxylic acids is 2. The minimum absolute atomic E-state index is 0.0198. The van der Waals surface area contributed by atoms with Gasteiger partial charge in [0, 0.05) is 17.2 Å². The van der Waals surface area contributed by atoms with Gasteiger partial charge in [0.05, 0.1) is 6.20 Å². The van der Waals surface area contributed by atoms with E-state index in [0.717, 1.165) is 37.0 Å². The highest BCUT2D eigenvalue weighted by Crippen LogP contribution is 2.55. The molecule has 0 spiro atoms. The molecule has 5 heteroatoms. The van der Waals surface area contributed by atoms with E-state index in [1.165, 1.54) is 19.3 Å². The lowest BCUT2D eigenvalue weighted by Gasteiger charge is -2.56. The Morgan fingerprint density at radius 1 is 0.897 bits per heavy atom. The summed E-state index contributed by atoms with van der Waals surface area (Å²) in [5.41, 5.74) is 0.644. The monoisotopic (exact) mass is 390 g/mol. The van der Waals surface area contributed by atoms with Crippen LogP contribution in [0.2, 0.25) is 0 Å². The van der Waals surface area contributed by atoms with E-state index in [-0.39, 0.29) is 23.9 Å². The normalized spacial score (nSPS) is 29.4.